The monoisotopic (exact) mass is 492 g/mol. The predicted molar refractivity (Wildman–Crippen MR) is 116 cm³/mol. The minimum absolute atomic E-state index is 0.0340. The van der Waals surface area contributed by atoms with E-state index in [1.807, 2.05) is 12.1 Å². The maximum absolute atomic E-state index is 12.7. The first kappa shape index (κ1) is 26.1. The third kappa shape index (κ3) is 6.78. The van der Waals surface area contributed by atoms with Crippen LogP contribution in [0.2, 0.25) is 0 Å². The molecule has 6 atom stereocenters. The first-order valence-electron chi connectivity index (χ1n) is 11.1. The van der Waals surface area contributed by atoms with E-state index in [-0.39, 0.29) is 13.0 Å². The molecule has 1 aromatic rings. The summed E-state index contributed by atoms with van der Waals surface area (Å²) in [6.07, 6.45) is -5.37. The van der Waals surface area contributed by atoms with Gasteiger partial charge in [0.2, 0.25) is 0 Å². The second kappa shape index (κ2) is 11.3. The molecule has 1 saturated heterocycles. The van der Waals surface area contributed by atoms with Crippen LogP contribution in [0.1, 0.15) is 39.7 Å². The third-order valence-corrected chi connectivity index (χ3v) is 5.59. The van der Waals surface area contributed by atoms with Crippen LogP contribution in [0.3, 0.4) is 0 Å². The van der Waals surface area contributed by atoms with Crippen molar-refractivity contribution in [1.29, 1.82) is 0 Å². The Balaban J connectivity index is 1.94. The van der Waals surface area contributed by atoms with Crippen molar-refractivity contribution in [3.05, 3.63) is 29.8 Å². The summed E-state index contributed by atoms with van der Waals surface area (Å²) in [5.74, 6) is -3.42. The molecular formula is C24H28O11. The first-order valence-corrected chi connectivity index (χ1v) is 11.1. The molecule has 0 aromatic heterocycles. The lowest BCUT2D eigenvalue weighted by Crippen LogP contribution is -2.62. The Morgan fingerprint density at radius 2 is 1.40 bits per heavy atom. The number of carbonyl (C=O) groups is 5. The molecule has 2 aliphatic rings. The summed E-state index contributed by atoms with van der Waals surface area (Å²) in [6.45, 7) is 4.33. The van der Waals surface area contributed by atoms with Gasteiger partial charge in [-0.2, -0.15) is 0 Å². The first-order chi connectivity index (χ1) is 16.5. The molecule has 0 N–H and O–H groups in total. The molecule has 3 rings (SSSR count). The van der Waals surface area contributed by atoms with Gasteiger partial charge in [-0.25, -0.2) is 0 Å². The van der Waals surface area contributed by atoms with Gasteiger partial charge in [-0.05, 0) is 24.5 Å². The average molecular weight is 492 g/mol. The SMILES string of the molecule is CC(=O)OC[C@H]1O[C@H](CC2Cc3ccccc3OC2=O)[C@H](OC(C)=O)[C@@H](OC(C)=O)[C@@H]1OC(C)=O. The average Bonchev–Trinajstić information content (AvgIpc) is 2.76. The Morgan fingerprint density at radius 3 is 2.00 bits per heavy atom. The van der Waals surface area contributed by atoms with Gasteiger partial charge >= 0.3 is 29.8 Å². The largest absolute Gasteiger partial charge is 0.463 e. The van der Waals surface area contributed by atoms with Crippen LogP contribution >= 0.6 is 0 Å². The van der Waals surface area contributed by atoms with Gasteiger partial charge in [0, 0.05) is 27.7 Å². The fraction of sp³-hybridized carbons (Fsp3) is 0.542. The summed E-state index contributed by atoms with van der Waals surface area (Å²) >= 11 is 0. The van der Waals surface area contributed by atoms with E-state index < -0.39 is 66.3 Å². The zero-order valence-electron chi connectivity index (χ0n) is 19.9. The Bertz CT molecular complexity index is 987. The molecule has 1 fully saturated rings. The molecule has 0 bridgehead atoms. The Hall–Kier alpha value is -3.47. The van der Waals surface area contributed by atoms with E-state index in [0.717, 1.165) is 19.4 Å². The zero-order valence-corrected chi connectivity index (χ0v) is 19.9. The molecule has 35 heavy (non-hydrogen) atoms. The second-order valence-electron chi connectivity index (χ2n) is 8.40. The second-order valence-corrected chi connectivity index (χ2v) is 8.40. The van der Waals surface area contributed by atoms with Gasteiger partial charge in [-0.3, -0.25) is 24.0 Å². The molecule has 190 valence electrons. The number of rotatable bonds is 7. The smallest absolute Gasteiger partial charge is 0.314 e. The van der Waals surface area contributed by atoms with Crippen LogP contribution in [-0.4, -0.2) is 67.0 Å². The fourth-order valence-corrected chi connectivity index (χ4v) is 4.28. The summed E-state index contributed by atoms with van der Waals surface area (Å²) in [7, 11) is 0. The lowest BCUT2D eigenvalue weighted by atomic mass is 9.85. The van der Waals surface area contributed by atoms with Gasteiger partial charge in [-0.15, -0.1) is 0 Å². The van der Waals surface area contributed by atoms with Crippen LogP contribution < -0.4 is 4.74 Å². The molecule has 2 heterocycles. The molecule has 0 spiro atoms. The number of hydrogen-bond acceptors (Lipinski definition) is 11. The number of esters is 5. The summed E-state index contributed by atoms with van der Waals surface area (Å²) < 4.78 is 32.8. The lowest BCUT2D eigenvalue weighted by molar-refractivity contribution is -0.254. The summed E-state index contributed by atoms with van der Waals surface area (Å²) in [4.78, 5) is 59.9. The van der Waals surface area contributed by atoms with Gasteiger partial charge in [-0.1, -0.05) is 18.2 Å². The number of fused-ring (bicyclic) bond motifs is 1. The molecule has 11 heteroatoms. The highest BCUT2D eigenvalue weighted by molar-refractivity contribution is 5.78. The molecule has 11 nitrogen and oxygen atoms in total. The van der Waals surface area contributed by atoms with Gasteiger partial charge in [0.25, 0.3) is 0 Å². The highest BCUT2D eigenvalue weighted by atomic mass is 16.7. The summed E-state index contributed by atoms with van der Waals surface area (Å²) in [6, 6.07) is 7.11. The van der Waals surface area contributed by atoms with Gasteiger partial charge < -0.3 is 28.4 Å². The van der Waals surface area contributed by atoms with E-state index >= 15 is 0 Å². The minimum atomic E-state index is -1.27. The van der Waals surface area contributed by atoms with Crippen molar-refractivity contribution >= 4 is 29.8 Å². The molecule has 0 aliphatic carbocycles. The van der Waals surface area contributed by atoms with Crippen molar-refractivity contribution in [3.63, 3.8) is 0 Å². The maximum Gasteiger partial charge on any atom is 0.314 e. The Labute approximate surface area is 201 Å². The Kier molecular flexibility index (Phi) is 8.44. The van der Waals surface area contributed by atoms with Crippen LogP contribution in [0.25, 0.3) is 0 Å². The molecule has 1 aromatic carbocycles. The number of carbonyl (C=O) groups excluding carboxylic acids is 5. The van der Waals surface area contributed by atoms with Crippen LogP contribution in [-0.2, 0) is 54.1 Å². The predicted octanol–water partition coefficient (Wildman–Crippen LogP) is 1.28. The van der Waals surface area contributed by atoms with Crippen molar-refractivity contribution in [2.45, 2.75) is 71.1 Å². The van der Waals surface area contributed by atoms with Gasteiger partial charge in [0.05, 0.1) is 12.0 Å². The minimum Gasteiger partial charge on any atom is -0.463 e. The van der Waals surface area contributed by atoms with Crippen LogP contribution in [0.4, 0.5) is 0 Å². The van der Waals surface area contributed by atoms with E-state index in [1.165, 1.54) is 13.8 Å². The topological polar surface area (TPSA) is 141 Å². The normalized spacial score (nSPS) is 27.6. The van der Waals surface area contributed by atoms with Crippen molar-refractivity contribution in [2.75, 3.05) is 6.61 Å². The maximum atomic E-state index is 12.7. The van der Waals surface area contributed by atoms with E-state index in [0.29, 0.717) is 12.2 Å². The summed E-state index contributed by atoms with van der Waals surface area (Å²) in [5.41, 5.74) is 0.822. The number of ether oxygens (including phenoxy) is 6. The molecule has 0 radical (unpaired) electrons. The standard InChI is InChI=1S/C24H28O11/c1-12(25)30-11-20-22(32-14(3)27)23(33-15(4)28)21(31-13(2)26)19(34-20)10-17-9-16-7-5-6-8-18(16)35-24(17)29/h5-8,17,19-23H,9-11H2,1-4H3/t17?,19-,20-,21+,22-,23-/m1/s1. The number of para-hydroxylation sites is 1. The van der Waals surface area contributed by atoms with E-state index in [4.69, 9.17) is 28.4 Å². The van der Waals surface area contributed by atoms with E-state index in [2.05, 4.69) is 0 Å². The quantitative estimate of drug-likeness (QED) is 0.309. The fourth-order valence-electron chi connectivity index (χ4n) is 4.28. The molecular weight excluding hydrogens is 464 g/mol. The molecule has 0 saturated carbocycles. The van der Waals surface area contributed by atoms with E-state index in [1.54, 1.807) is 12.1 Å². The highest BCUT2D eigenvalue weighted by Gasteiger charge is 2.53. The van der Waals surface area contributed by atoms with Crippen LogP contribution in [0.15, 0.2) is 24.3 Å². The Morgan fingerprint density at radius 1 is 0.829 bits per heavy atom. The zero-order chi connectivity index (χ0) is 25.7. The molecule has 2 aliphatic heterocycles. The van der Waals surface area contributed by atoms with Gasteiger partial charge in [0.15, 0.2) is 18.3 Å². The van der Waals surface area contributed by atoms with Gasteiger partial charge in [0.1, 0.15) is 18.5 Å². The number of benzene rings is 1. The lowest BCUT2D eigenvalue weighted by Gasteiger charge is -2.45. The highest BCUT2D eigenvalue weighted by Crippen LogP contribution is 2.35. The molecule has 0 amide bonds. The van der Waals surface area contributed by atoms with Crippen molar-refractivity contribution in [2.24, 2.45) is 5.92 Å². The van der Waals surface area contributed by atoms with Crippen LogP contribution in [0.5, 0.6) is 5.75 Å². The van der Waals surface area contributed by atoms with Crippen molar-refractivity contribution in [1.82, 2.24) is 0 Å². The third-order valence-electron chi connectivity index (χ3n) is 5.59. The summed E-state index contributed by atoms with van der Waals surface area (Å²) in [5, 5.41) is 0. The number of hydrogen-bond donors (Lipinski definition) is 0. The molecule has 1 unspecified atom stereocenters. The van der Waals surface area contributed by atoms with Crippen molar-refractivity contribution in [3.8, 4) is 5.75 Å². The van der Waals surface area contributed by atoms with E-state index in [9.17, 15) is 24.0 Å². The van der Waals surface area contributed by atoms with Crippen molar-refractivity contribution < 1.29 is 52.4 Å². The van der Waals surface area contributed by atoms with Crippen LogP contribution in [0, 0.1) is 5.92 Å².